The van der Waals surface area contributed by atoms with Crippen molar-refractivity contribution in [2.75, 3.05) is 6.54 Å². The molecule has 6 nitrogen and oxygen atoms in total. The average molecular weight is 280 g/mol. The van der Waals surface area contributed by atoms with E-state index in [0.29, 0.717) is 18.7 Å². The lowest BCUT2D eigenvalue weighted by Crippen LogP contribution is -2.33. The second-order valence-electron chi connectivity index (χ2n) is 5.47. The highest BCUT2D eigenvalue weighted by Crippen LogP contribution is 2.06. The van der Waals surface area contributed by atoms with E-state index < -0.39 is 11.7 Å². The predicted molar refractivity (Wildman–Crippen MR) is 75.0 cm³/mol. The summed E-state index contributed by atoms with van der Waals surface area (Å²) in [6.07, 6.45) is 1.35. The van der Waals surface area contributed by atoms with Gasteiger partial charge in [-0.05, 0) is 27.7 Å². The molecule has 1 heterocycles. The van der Waals surface area contributed by atoms with Gasteiger partial charge in [-0.25, -0.2) is 4.79 Å². The average Bonchev–Trinajstić information content (AvgIpc) is 2.25. The molecule has 20 heavy (non-hydrogen) atoms. The zero-order valence-corrected chi connectivity index (χ0v) is 12.2. The SMILES string of the molecule is CC(=O)c1c[nH]c(CCNC(=O)OC(C)(C)C)cc1=O. The lowest BCUT2D eigenvalue weighted by Gasteiger charge is -2.19. The van der Waals surface area contributed by atoms with Crippen LogP contribution in [0.3, 0.4) is 0 Å². The number of carbonyl (C=O) groups is 2. The van der Waals surface area contributed by atoms with Gasteiger partial charge in [0.25, 0.3) is 0 Å². The lowest BCUT2D eigenvalue weighted by molar-refractivity contribution is 0.0528. The molecule has 0 fully saturated rings. The Bertz CT molecular complexity index is 555. The number of nitrogens with one attached hydrogen (secondary N) is 2. The maximum absolute atomic E-state index is 11.6. The van der Waals surface area contributed by atoms with E-state index in [-0.39, 0.29) is 16.8 Å². The number of aromatic amines is 1. The third-order valence-electron chi connectivity index (χ3n) is 2.41. The van der Waals surface area contributed by atoms with E-state index in [0.717, 1.165) is 0 Å². The first kappa shape index (κ1) is 15.9. The molecule has 1 amide bonds. The van der Waals surface area contributed by atoms with Crippen LogP contribution in [0.1, 0.15) is 43.7 Å². The standard InChI is InChI=1S/C14H20N2O4/c1-9(17)11-8-16-10(7-12(11)18)5-6-15-13(19)20-14(2,3)4/h7-8H,5-6H2,1-4H3,(H,15,19)(H,16,18). The van der Waals surface area contributed by atoms with Crippen LogP contribution in [0.4, 0.5) is 4.79 Å². The van der Waals surface area contributed by atoms with Gasteiger partial charge in [-0.3, -0.25) is 9.59 Å². The van der Waals surface area contributed by atoms with Crippen molar-refractivity contribution in [1.29, 1.82) is 0 Å². The molecule has 0 aliphatic carbocycles. The summed E-state index contributed by atoms with van der Waals surface area (Å²) in [5, 5.41) is 2.59. The molecule has 0 spiro atoms. The smallest absolute Gasteiger partial charge is 0.407 e. The second-order valence-corrected chi connectivity index (χ2v) is 5.47. The van der Waals surface area contributed by atoms with Crippen LogP contribution in [0.15, 0.2) is 17.1 Å². The van der Waals surface area contributed by atoms with Crippen LogP contribution in [0.2, 0.25) is 0 Å². The summed E-state index contributed by atoms with van der Waals surface area (Å²) >= 11 is 0. The Morgan fingerprint density at radius 3 is 2.50 bits per heavy atom. The van der Waals surface area contributed by atoms with Crippen LogP contribution in [0.5, 0.6) is 0 Å². The van der Waals surface area contributed by atoms with Crippen molar-refractivity contribution in [3.8, 4) is 0 Å². The first-order valence-electron chi connectivity index (χ1n) is 6.38. The van der Waals surface area contributed by atoms with E-state index in [1.807, 2.05) is 0 Å². The molecule has 2 N–H and O–H groups in total. The number of aromatic nitrogens is 1. The Morgan fingerprint density at radius 2 is 2.00 bits per heavy atom. The number of carbonyl (C=O) groups excluding carboxylic acids is 2. The van der Waals surface area contributed by atoms with Gasteiger partial charge >= 0.3 is 6.09 Å². The molecule has 0 aliphatic heterocycles. The number of ketones is 1. The van der Waals surface area contributed by atoms with Crippen molar-refractivity contribution in [3.05, 3.63) is 33.7 Å². The van der Waals surface area contributed by atoms with Gasteiger partial charge in [0.2, 0.25) is 0 Å². The zero-order chi connectivity index (χ0) is 15.3. The van der Waals surface area contributed by atoms with Gasteiger partial charge < -0.3 is 15.0 Å². The first-order chi connectivity index (χ1) is 9.19. The highest BCUT2D eigenvalue weighted by molar-refractivity contribution is 5.93. The van der Waals surface area contributed by atoms with Crippen LogP contribution < -0.4 is 10.7 Å². The molecule has 110 valence electrons. The molecular weight excluding hydrogens is 260 g/mol. The Kier molecular flexibility index (Phi) is 5.07. The molecule has 0 atom stereocenters. The van der Waals surface area contributed by atoms with Crippen molar-refractivity contribution in [2.24, 2.45) is 0 Å². The van der Waals surface area contributed by atoms with Gasteiger partial charge in [0, 0.05) is 30.9 Å². The van der Waals surface area contributed by atoms with Gasteiger partial charge in [-0.15, -0.1) is 0 Å². The Balaban J connectivity index is 2.51. The Morgan fingerprint density at radius 1 is 1.35 bits per heavy atom. The van der Waals surface area contributed by atoms with Crippen molar-refractivity contribution in [1.82, 2.24) is 10.3 Å². The molecule has 1 aromatic rings. The van der Waals surface area contributed by atoms with Gasteiger partial charge in [-0.1, -0.05) is 0 Å². The zero-order valence-electron chi connectivity index (χ0n) is 12.2. The fraction of sp³-hybridized carbons (Fsp3) is 0.500. The fourth-order valence-corrected chi connectivity index (χ4v) is 1.55. The maximum atomic E-state index is 11.6. The molecule has 1 aromatic heterocycles. The van der Waals surface area contributed by atoms with Gasteiger partial charge in [-0.2, -0.15) is 0 Å². The van der Waals surface area contributed by atoms with E-state index in [2.05, 4.69) is 10.3 Å². The van der Waals surface area contributed by atoms with E-state index in [1.165, 1.54) is 19.2 Å². The number of ether oxygens (including phenoxy) is 1. The van der Waals surface area contributed by atoms with Crippen molar-refractivity contribution >= 4 is 11.9 Å². The van der Waals surface area contributed by atoms with Crippen LogP contribution >= 0.6 is 0 Å². The number of amides is 1. The molecule has 0 bridgehead atoms. The molecule has 0 aromatic carbocycles. The maximum Gasteiger partial charge on any atom is 0.407 e. The minimum absolute atomic E-state index is 0.133. The van der Waals surface area contributed by atoms with Crippen molar-refractivity contribution in [3.63, 3.8) is 0 Å². The summed E-state index contributed by atoms with van der Waals surface area (Å²) in [4.78, 5) is 37.0. The normalized spacial score (nSPS) is 11.0. The van der Waals surface area contributed by atoms with Gasteiger partial charge in [0.05, 0.1) is 5.56 Å². The highest BCUT2D eigenvalue weighted by atomic mass is 16.6. The molecule has 0 aliphatic rings. The number of hydrogen-bond donors (Lipinski definition) is 2. The van der Waals surface area contributed by atoms with Crippen molar-refractivity contribution in [2.45, 2.75) is 39.7 Å². The number of alkyl carbamates (subject to hydrolysis) is 1. The lowest BCUT2D eigenvalue weighted by atomic mass is 10.1. The van der Waals surface area contributed by atoms with Crippen molar-refractivity contribution < 1.29 is 14.3 Å². The quantitative estimate of drug-likeness (QED) is 0.821. The summed E-state index contributed by atoms with van der Waals surface area (Å²) < 4.78 is 5.08. The summed E-state index contributed by atoms with van der Waals surface area (Å²) in [5.74, 6) is -0.273. The predicted octanol–water partition coefficient (Wildman–Crippen LogP) is 1.64. The topological polar surface area (TPSA) is 88.3 Å². The number of Topliss-reactive ketones (excluding diaryl/α,β-unsaturated/α-hetero) is 1. The third kappa shape index (κ3) is 5.26. The summed E-state index contributed by atoms with van der Waals surface area (Å²) in [5.41, 5.74) is -0.0740. The van der Waals surface area contributed by atoms with Crippen LogP contribution in [0.25, 0.3) is 0 Å². The number of pyridine rings is 1. The number of H-pyrrole nitrogens is 1. The molecule has 0 unspecified atom stereocenters. The first-order valence-corrected chi connectivity index (χ1v) is 6.38. The molecule has 0 radical (unpaired) electrons. The van der Waals surface area contributed by atoms with E-state index in [9.17, 15) is 14.4 Å². The Hall–Kier alpha value is -2.11. The largest absolute Gasteiger partial charge is 0.444 e. The van der Waals surface area contributed by atoms with E-state index in [1.54, 1.807) is 20.8 Å². The number of rotatable bonds is 4. The summed E-state index contributed by atoms with van der Waals surface area (Å²) in [6, 6.07) is 1.37. The van der Waals surface area contributed by atoms with Gasteiger partial charge in [0.15, 0.2) is 11.2 Å². The highest BCUT2D eigenvalue weighted by Gasteiger charge is 2.15. The minimum atomic E-state index is -0.540. The van der Waals surface area contributed by atoms with Crippen LogP contribution in [-0.2, 0) is 11.2 Å². The molecule has 0 saturated carbocycles. The molecule has 6 heteroatoms. The summed E-state index contributed by atoms with van der Waals surface area (Å²) in [7, 11) is 0. The fourth-order valence-electron chi connectivity index (χ4n) is 1.55. The van der Waals surface area contributed by atoms with Crippen LogP contribution in [-0.4, -0.2) is 29.0 Å². The third-order valence-corrected chi connectivity index (χ3v) is 2.41. The monoisotopic (exact) mass is 280 g/mol. The van der Waals surface area contributed by atoms with Gasteiger partial charge in [0.1, 0.15) is 5.60 Å². The summed E-state index contributed by atoms with van der Waals surface area (Å²) in [6.45, 7) is 7.03. The molecular formula is C14H20N2O4. The van der Waals surface area contributed by atoms with Crippen LogP contribution in [0, 0.1) is 0 Å². The molecule has 0 saturated heterocycles. The second kappa shape index (κ2) is 6.36. The molecule has 1 rings (SSSR count). The number of hydrogen-bond acceptors (Lipinski definition) is 4. The van der Waals surface area contributed by atoms with E-state index >= 15 is 0 Å². The van der Waals surface area contributed by atoms with E-state index in [4.69, 9.17) is 4.74 Å². The minimum Gasteiger partial charge on any atom is -0.444 e. The Labute approximate surface area is 117 Å².